The van der Waals surface area contributed by atoms with Gasteiger partial charge in [-0.05, 0) is 55.6 Å². The Bertz CT molecular complexity index is 757. The van der Waals surface area contributed by atoms with Crippen LogP contribution in [-0.4, -0.2) is 28.0 Å². The number of pyridine rings is 1. The molecule has 118 valence electrons. The first kappa shape index (κ1) is 14.5. The second-order valence-electron chi connectivity index (χ2n) is 6.46. The van der Waals surface area contributed by atoms with Gasteiger partial charge in [0, 0.05) is 35.5 Å². The molecule has 0 saturated carbocycles. The standard InChI is InChI=1S/C20H23N3/c1-4-11-23(12-5-1)20(16-7-6-10-21-14-16)13-17-15-22-19-9-3-2-8-18(17)19/h2-3,6-10,14-15,20,22H,1,4-5,11-13H2. The quantitative estimate of drug-likeness (QED) is 0.778. The SMILES string of the molecule is c1cncc(C(Cc2c[nH]c3ccccc23)N2CCCCC2)c1. The van der Waals surface area contributed by atoms with Crippen molar-refractivity contribution in [1.29, 1.82) is 0 Å². The lowest BCUT2D eigenvalue weighted by atomic mass is 9.96. The Morgan fingerprint density at radius 3 is 2.74 bits per heavy atom. The number of nitrogens with zero attached hydrogens (tertiary/aromatic N) is 2. The van der Waals surface area contributed by atoms with Crippen LogP contribution < -0.4 is 0 Å². The number of nitrogens with one attached hydrogen (secondary N) is 1. The minimum atomic E-state index is 0.420. The van der Waals surface area contributed by atoms with Crippen molar-refractivity contribution < 1.29 is 0 Å². The van der Waals surface area contributed by atoms with Crippen molar-refractivity contribution in [3.8, 4) is 0 Å². The zero-order valence-corrected chi connectivity index (χ0v) is 13.4. The van der Waals surface area contributed by atoms with E-state index in [4.69, 9.17) is 0 Å². The summed E-state index contributed by atoms with van der Waals surface area (Å²) < 4.78 is 0. The number of aromatic amines is 1. The molecule has 23 heavy (non-hydrogen) atoms. The lowest BCUT2D eigenvalue weighted by Crippen LogP contribution is -2.34. The predicted molar refractivity (Wildman–Crippen MR) is 94.4 cm³/mol. The fourth-order valence-corrected chi connectivity index (χ4v) is 3.77. The summed E-state index contributed by atoms with van der Waals surface area (Å²) in [4.78, 5) is 10.4. The molecule has 2 aromatic heterocycles. The number of hydrogen-bond acceptors (Lipinski definition) is 2. The Kier molecular flexibility index (Phi) is 4.12. The molecule has 3 aromatic rings. The van der Waals surface area contributed by atoms with Gasteiger partial charge in [0.15, 0.2) is 0 Å². The van der Waals surface area contributed by atoms with E-state index in [2.05, 4.69) is 57.5 Å². The Hall–Kier alpha value is -2.13. The molecule has 0 bridgehead atoms. The first-order valence-electron chi connectivity index (χ1n) is 8.61. The van der Waals surface area contributed by atoms with Crippen LogP contribution in [0.1, 0.15) is 36.4 Å². The molecule has 1 atom stereocenters. The molecule has 1 aliphatic rings. The maximum absolute atomic E-state index is 4.36. The second-order valence-corrected chi connectivity index (χ2v) is 6.46. The first-order valence-corrected chi connectivity index (χ1v) is 8.61. The molecule has 3 heteroatoms. The minimum Gasteiger partial charge on any atom is -0.361 e. The number of fused-ring (bicyclic) bond motifs is 1. The number of rotatable bonds is 4. The summed E-state index contributed by atoms with van der Waals surface area (Å²) in [7, 11) is 0. The van der Waals surface area contributed by atoms with E-state index in [1.807, 2.05) is 12.4 Å². The summed E-state index contributed by atoms with van der Waals surface area (Å²) in [6.45, 7) is 2.39. The molecule has 0 aliphatic carbocycles. The second kappa shape index (κ2) is 6.55. The molecule has 1 aromatic carbocycles. The number of benzene rings is 1. The van der Waals surface area contributed by atoms with Gasteiger partial charge in [-0.1, -0.05) is 30.7 Å². The van der Waals surface area contributed by atoms with Gasteiger partial charge < -0.3 is 4.98 Å². The van der Waals surface area contributed by atoms with Gasteiger partial charge in [-0.3, -0.25) is 9.88 Å². The highest BCUT2D eigenvalue weighted by Crippen LogP contribution is 2.30. The van der Waals surface area contributed by atoms with Crippen LogP contribution in [-0.2, 0) is 6.42 Å². The third-order valence-electron chi connectivity index (χ3n) is 4.99. The summed E-state index contributed by atoms with van der Waals surface area (Å²) in [6, 6.07) is 13.3. The predicted octanol–water partition coefficient (Wildman–Crippen LogP) is 4.33. The minimum absolute atomic E-state index is 0.420. The van der Waals surface area contributed by atoms with Gasteiger partial charge in [0.25, 0.3) is 0 Å². The largest absolute Gasteiger partial charge is 0.361 e. The highest BCUT2D eigenvalue weighted by Gasteiger charge is 2.23. The van der Waals surface area contributed by atoms with Gasteiger partial charge in [-0.15, -0.1) is 0 Å². The topological polar surface area (TPSA) is 31.9 Å². The molecule has 0 spiro atoms. The van der Waals surface area contributed by atoms with Crippen LogP contribution in [0.3, 0.4) is 0 Å². The van der Waals surface area contributed by atoms with Crippen molar-refractivity contribution in [2.24, 2.45) is 0 Å². The molecule has 4 rings (SSSR count). The Labute approximate surface area is 137 Å². The Morgan fingerprint density at radius 2 is 1.91 bits per heavy atom. The highest BCUT2D eigenvalue weighted by atomic mass is 15.2. The van der Waals surface area contributed by atoms with E-state index < -0.39 is 0 Å². The normalized spacial score (nSPS) is 17.4. The summed E-state index contributed by atoms with van der Waals surface area (Å²) in [5, 5.41) is 1.35. The number of piperidine rings is 1. The van der Waals surface area contributed by atoms with E-state index in [0.29, 0.717) is 6.04 Å². The molecule has 1 N–H and O–H groups in total. The fraction of sp³-hybridized carbons (Fsp3) is 0.350. The van der Waals surface area contributed by atoms with Crippen LogP contribution in [0.5, 0.6) is 0 Å². The Balaban J connectivity index is 1.67. The Morgan fingerprint density at radius 1 is 1.04 bits per heavy atom. The van der Waals surface area contributed by atoms with E-state index in [1.165, 1.54) is 54.4 Å². The van der Waals surface area contributed by atoms with Crippen LogP contribution in [0.25, 0.3) is 10.9 Å². The molecular formula is C20H23N3. The number of H-pyrrole nitrogens is 1. The van der Waals surface area contributed by atoms with Crippen molar-refractivity contribution in [1.82, 2.24) is 14.9 Å². The molecule has 1 fully saturated rings. The average molecular weight is 305 g/mol. The third-order valence-corrected chi connectivity index (χ3v) is 4.99. The maximum atomic E-state index is 4.36. The summed E-state index contributed by atoms with van der Waals surface area (Å²) in [5.74, 6) is 0. The smallest absolute Gasteiger partial charge is 0.0456 e. The van der Waals surface area contributed by atoms with Gasteiger partial charge in [-0.2, -0.15) is 0 Å². The number of para-hydroxylation sites is 1. The number of hydrogen-bond donors (Lipinski definition) is 1. The molecule has 1 saturated heterocycles. The van der Waals surface area contributed by atoms with E-state index >= 15 is 0 Å². The maximum Gasteiger partial charge on any atom is 0.0456 e. The fourth-order valence-electron chi connectivity index (χ4n) is 3.77. The zero-order chi connectivity index (χ0) is 15.5. The van der Waals surface area contributed by atoms with Gasteiger partial charge in [0.05, 0.1) is 0 Å². The van der Waals surface area contributed by atoms with Gasteiger partial charge in [-0.25, -0.2) is 0 Å². The average Bonchev–Trinajstić information content (AvgIpc) is 3.04. The molecule has 0 radical (unpaired) electrons. The van der Waals surface area contributed by atoms with Crippen molar-refractivity contribution >= 4 is 10.9 Å². The van der Waals surface area contributed by atoms with E-state index in [1.54, 1.807) is 0 Å². The molecule has 1 unspecified atom stereocenters. The summed E-state index contributed by atoms with van der Waals surface area (Å²) in [6.07, 6.45) is 11.1. The monoisotopic (exact) mass is 305 g/mol. The van der Waals surface area contributed by atoms with Crippen molar-refractivity contribution in [3.63, 3.8) is 0 Å². The van der Waals surface area contributed by atoms with Gasteiger partial charge >= 0.3 is 0 Å². The van der Waals surface area contributed by atoms with Crippen LogP contribution in [0.2, 0.25) is 0 Å². The van der Waals surface area contributed by atoms with E-state index in [-0.39, 0.29) is 0 Å². The summed E-state index contributed by atoms with van der Waals surface area (Å²) in [5.41, 5.74) is 3.96. The van der Waals surface area contributed by atoms with Crippen LogP contribution in [0.4, 0.5) is 0 Å². The lowest BCUT2D eigenvalue weighted by Gasteiger charge is -2.34. The third kappa shape index (κ3) is 3.02. The van der Waals surface area contributed by atoms with Crippen molar-refractivity contribution in [2.45, 2.75) is 31.7 Å². The molecule has 0 amide bonds. The molecular weight excluding hydrogens is 282 g/mol. The van der Waals surface area contributed by atoms with Crippen LogP contribution in [0, 0.1) is 0 Å². The number of likely N-dealkylation sites (tertiary alicyclic amines) is 1. The van der Waals surface area contributed by atoms with Crippen LogP contribution in [0.15, 0.2) is 55.0 Å². The lowest BCUT2D eigenvalue weighted by molar-refractivity contribution is 0.162. The van der Waals surface area contributed by atoms with Gasteiger partial charge in [0.2, 0.25) is 0 Å². The van der Waals surface area contributed by atoms with E-state index in [9.17, 15) is 0 Å². The van der Waals surface area contributed by atoms with Gasteiger partial charge in [0.1, 0.15) is 0 Å². The van der Waals surface area contributed by atoms with Crippen molar-refractivity contribution in [2.75, 3.05) is 13.1 Å². The molecule has 3 heterocycles. The summed E-state index contributed by atoms with van der Waals surface area (Å²) >= 11 is 0. The van der Waals surface area contributed by atoms with Crippen molar-refractivity contribution in [3.05, 3.63) is 66.1 Å². The van der Waals surface area contributed by atoms with Crippen LogP contribution >= 0.6 is 0 Å². The molecule has 1 aliphatic heterocycles. The zero-order valence-electron chi connectivity index (χ0n) is 13.4. The highest BCUT2D eigenvalue weighted by molar-refractivity contribution is 5.83. The molecule has 3 nitrogen and oxygen atoms in total. The first-order chi connectivity index (χ1) is 11.4. The number of aromatic nitrogens is 2. The van der Waals surface area contributed by atoms with E-state index in [0.717, 1.165) is 6.42 Å².